The third-order valence-electron chi connectivity index (χ3n) is 3.83. The van der Waals surface area contributed by atoms with E-state index in [1.165, 1.54) is 18.2 Å². The van der Waals surface area contributed by atoms with Crippen molar-refractivity contribution in [3.05, 3.63) is 29.0 Å². The molecule has 0 radical (unpaired) electrons. The topological polar surface area (TPSA) is 58.6 Å². The molecule has 1 N–H and O–H groups in total. The molecule has 0 spiro atoms. The smallest absolute Gasteiger partial charge is 0.309 e. The molecule has 2 rings (SSSR count). The fourth-order valence-electron chi connectivity index (χ4n) is 2.54. The molecular weight excluding hydrogens is 323 g/mol. The van der Waals surface area contributed by atoms with E-state index in [0.29, 0.717) is 38.2 Å². The largest absolute Gasteiger partial charge is 0.466 e. The average molecular weight is 343 g/mol. The van der Waals surface area contributed by atoms with Crippen molar-refractivity contribution in [2.75, 3.05) is 31.6 Å². The van der Waals surface area contributed by atoms with Gasteiger partial charge in [-0.25, -0.2) is 4.39 Å². The van der Waals surface area contributed by atoms with Crippen LogP contribution in [0, 0.1) is 11.7 Å². The van der Waals surface area contributed by atoms with Crippen molar-refractivity contribution in [2.45, 2.75) is 19.8 Å². The minimum Gasteiger partial charge on any atom is -0.466 e. The van der Waals surface area contributed by atoms with Gasteiger partial charge in [-0.2, -0.15) is 0 Å². The van der Waals surface area contributed by atoms with E-state index >= 15 is 0 Å². The first-order valence-electron chi connectivity index (χ1n) is 7.64. The third-order valence-corrected chi connectivity index (χ3v) is 4.14. The summed E-state index contributed by atoms with van der Waals surface area (Å²) in [5.74, 6) is -0.810. The van der Waals surface area contributed by atoms with Crippen LogP contribution >= 0.6 is 11.6 Å². The molecule has 0 saturated carbocycles. The monoisotopic (exact) mass is 342 g/mol. The number of esters is 1. The maximum absolute atomic E-state index is 13.0. The van der Waals surface area contributed by atoms with Gasteiger partial charge in [0.2, 0.25) is 5.91 Å². The van der Waals surface area contributed by atoms with Gasteiger partial charge < -0.3 is 15.0 Å². The zero-order chi connectivity index (χ0) is 16.8. The molecule has 23 heavy (non-hydrogen) atoms. The molecule has 1 saturated heterocycles. The van der Waals surface area contributed by atoms with E-state index in [-0.39, 0.29) is 29.4 Å². The molecule has 7 heteroatoms. The van der Waals surface area contributed by atoms with Gasteiger partial charge in [0.15, 0.2) is 0 Å². The van der Waals surface area contributed by atoms with Crippen LogP contribution in [0.2, 0.25) is 5.02 Å². The SMILES string of the molecule is CCOC(=O)C1CCN(C(=O)CNc2ccc(F)cc2Cl)CC1. The molecule has 126 valence electrons. The molecule has 0 unspecified atom stereocenters. The lowest BCUT2D eigenvalue weighted by molar-refractivity contribution is -0.151. The highest BCUT2D eigenvalue weighted by Gasteiger charge is 2.27. The predicted molar refractivity (Wildman–Crippen MR) is 85.8 cm³/mol. The van der Waals surface area contributed by atoms with E-state index in [1.807, 2.05) is 0 Å². The van der Waals surface area contributed by atoms with E-state index in [2.05, 4.69) is 5.32 Å². The number of carbonyl (C=O) groups is 2. The normalized spacial score (nSPS) is 15.3. The molecule has 1 aliphatic rings. The second-order valence-electron chi connectivity index (χ2n) is 5.38. The van der Waals surface area contributed by atoms with Crippen molar-refractivity contribution >= 4 is 29.2 Å². The van der Waals surface area contributed by atoms with Crippen LogP contribution in [0.4, 0.5) is 10.1 Å². The Kier molecular flexibility index (Phi) is 6.21. The quantitative estimate of drug-likeness (QED) is 0.836. The summed E-state index contributed by atoms with van der Waals surface area (Å²) in [6, 6.07) is 3.97. The summed E-state index contributed by atoms with van der Waals surface area (Å²) in [7, 11) is 0. The molecule has 1 aliphatic heterocycles. The van der Waals surface area contributed by atoms with Gasteiger partial charge >= 0.3 is 5.97 Å². The standard InChI is InChI=1S/C16H20ClFN2O3/c1-2-23-16(22)11-5-7-20(8-6-11)15(21)10-19-14-4-3-12(18)9-13(14)17/h3-4,9,11,19H,2,5-8,10H2,1H3. The van der Waals surface area contributed by atoms with Crippen LogP contribution in [0.15, 0.2) is 18.2 Å². The fourth-order valence-corrected chi connectivity index (χ4v) is 2.77. The molecular formula is C16H20ClFN2O3. The van der Waals surface area contributed by atoms with Crippen molar-refractivity contribution < 1.29 is 18.7 Å². The van der Waals surface area contributed by atoms with Gasteiger partial charge in [-0.1, -0.05) is 11.6 Å². The Hall–Kier alpha value is -1.82. The zero-order valence-corrected chi connectivity index (χ0v) is 13.7. The van der Waals surface area contributed by atoms with Crippen LogP contribution < -0.4 is 5.32 Å². The predicted octanol–water partition coefficient (Wildman–Crippen LogP) is 2.69. The number of hydrogen-bond donors (Lipinski definition) is 1. The Morgan fingerprint density at radius 1 is 1.39 bits per heavy atom. The van der Waals surface area contributed by atoms with Crippen molar-refractivity contribution in [3.63, 3.8) is 0 Å². The number of halogens is 2. The number of benzene rings is 1. The number of nitrogens with zero attached hydrogens (tertiary/aromatic N) is 1. The summed E-state index contributed by atoms with van der Waals surface area (Å²) in [6.07, 6.45) is 1.23. The fraction of sp³-hybridized carbons (Fsp3) is 0.500. The van der Waals surface area contributed by atoms with Crippen LogP contribution in [-0.2, 0) is 14.3 Å². The first kappa shape index (κ1) is 17.5. The molecule has 0 atom stereocenters. The number of piperidine rings is 1. The van der Waals surface area contributed by atoms with E-state index < -0.39 is 5.82 Å². The van der Waals surface area contributed by atoms with Gasteiger partial charge in [0.25, 0.3) is 0 Å². The molecule has 1 aromatic carbocycles. The molecule has 1 aromatic rings. The molecule has 1 fully saturated rings. The number of likely N-dealkylation sites (tertiary alicyclic amines) is 1. The molecule has 5 nitrogen and oxygen atoms in total. The minimum atomic E-state index is -0.423. The highest BCUT2D eigenvalue weighted by Crippen LogP contribution is 2.23. The van der Waals surface area contributed by atoms with E-state index in [0.717, 1.165) is 0 Å². The summed E-state index contributed by atoms with van der Waals surface area (Å²) in [5.41, 5.74) is 0.517. The van der Waals surface area contributed by atoms with Gasteiger partial charge in [0.05, 0.1) is 29.8 Å². The van der Waals surface area contributed by atoms with Crippen molar-refractivity contribution in [1.29, 1.82) is 0 Å². The first-order chi connectivity index (χ1) is 11.0. The second-order valence-corrected chi connectivity index (χ2v) is 5.79. The molecule has 0 bridgehead atoms. The van der Waals surface area contributed by atoms with Gasteiger partial charge in [0, 0.05) is 13.1 Å². The first-order valence-corrected chi connectivity index (χ1v) is 8.02. The zero-order valence-electron chi connectivity index (χ0n) is 13.0. The highest BCUT2D eigenvalue weighted by molar-refractivity contribution is 6.33. The number of carbonyl (C=O) groups excluding carboxylic acids is 2. The van der Waals surface area contributed by atoms with Crippen LogP contribution in [-0.4, -0.2) is 43.0 Å². The number of amides is 1. The summed E-state index contributed by atoms with van der Waals surface area (Å²) >= 11 is 5.90. The number of hydrogen-bond acceptors (Lipinski definition) is 4. The highest BCUT2D eigenvalue weighted by atomic mass is 35.5. The summed E-state index contributed by atoms with van der Waals surface area (Å²) in [4.78, 5) is 25.6. The lowest BCUT2D eigenvalue weighted by Crippen LogP contribution is -2.43. The molecule has 1 heterocycles. The lowest BCUT2D eigenvalue weighted by atomic mass is 9.97. The van der Waals surface area contributed by atoms with Gasteiger partial charge in [0.1, 0.15) is 5.82 Å². The van der Waals surface area contributed by atoms with Gasteiger partial charge in [-0.05, 0) is 38.0 Å². The molecule has 0 aliphatic carbocycles. The Balaban J connectivity index is 1.80. The Morgan fingerprint density at radius 3 is 2.70 bits per heavy atom. The lowest BCUT2D eigenvalue weighted by Gasteiger charge is -2.31. The van der Waals surface area contributed by atoms with Crippen molar-refractivity contribution in [1.82, 2.24) is 4.90 Å². The van der Waals surface area contributed by atoms with E-state index in [1.54, 1.807) is 11.8 Å². The minimum absolute atomic E-state index is 0.0762. The molecule has 0 aromatic heterocycles. The number of anilines is 1. The summed E-state index contributed by atoms with van der Waals surface area (Å²) in [5, 5.41) is 3.15. The van der Waals surface area contributed by atoms with Gasteiger partial charge in [-0.15, -0.1) is 0 Å². The molecule has 1 amide bonds. The summed E-state index contributed by atoms with van der Waals surface area (Å²) < 4.78 is 18.0. The van der Waals surface area contributed by atoms with E-state index in [4.69, 9.17) is 16.3 Å². The maximum atomic E-state index is 13.0. The average Bonchev–Trinajstić information content (AvgIpc) is 2.54. The van der Waals surface area contributed by atoms with Crippen molar-refractivity contribution in [3.8, 4) is 0 Å². The number of rotatable bonds is 5. The van der Waals surface area contributed by atoms with Crippen molar-refractivity contribution in [2.24, 2.45) is 5.92 Å². The maximum Gasteiger partial charge on any atom is 0.309 e. The number of ether oxygens (including phenoxy) is 1. The van der Waals surface area contributed by atoms with Crippen LogP contribution in [0.5, 0.6) is 0 Å². The van der Waals surface area contributed by atoms with Gasteiger partial charge in [-0.3, -0.25) is 9.59 Å². The van der Waals surface area contributed by atoms with Crippen LogP contribution in [0.3, 0.4) is 0 Å². The Morgan fingerprint density at radius 2 is 2.09 bits per heavy atom. The third kappa shape index (κ3) is 4.82. The van der Waals surface area contributed by atoms with E-state index in [9.17, 15) is 14.0 Å². The Bertz CT molecular complexity index is 574. The van der Waals surface area contributed by atoms with Crippen LogP contribution in [0.1, 0.15) is 19.8 Å². The number of nitrogens with one attached hydrogen (secondary N) is 1. The Labute approximate surface area is 139 Å². The summed E-state index contributed by atoms with van der Waals surface area (Å²) in [6.45, 7) is 3.29. The van der Waals surface area contributed by atoms with Crippen LogP contribution in [0.25, 0.3) is 0 Å². The second kappa shape index (κ2) is 8.15.